The van der Waals surface area contributed by atoms with Crippen LogP contribution in [0.1, 0.15) is 46.5 Å². The summed E-state index contributed by atoms with van der Waals surface area (Å²) in [5, 5.41) is 0. The van der Waals surface area contributed by atoms with Crippen molar-refractivity contribution in [1.82, 2.24) is 9.80 Å². The maximum atomic E-state index is 12.1. The van der Waals surface area contributed by atoms with Crippen LogP contribution in [-0.4, -0.2) is 67.3 Å². The van der Waals surface area contributed by atoms with Gasteiger partial charge in [0.15, 0.2) is 0 Å². The first-order valence-corrected chi connectivity index (χ1v) is 7.98. The summed E-state index contributed by atoms with van der Waals surface area (Å²) in [7, 11) is 3.23. The zero-order chi connectivity index (χ0) is 16.8. The Morgan fingerprint density at radius 1 is 1.23 bits per heavy atom. The predicted molar refractivity (Wildman–Crippen MR) is 84.7 cm³/mol. The van der Waals surface area contributed by atoms with Crippen LogP contribution in [0.25, 0.3) is 0 Å². The Balaban J connectivity index is 2.29. The van der Waals surface area contributed by atoms with Gasteiger partial charge in [-0.05, 0) is 46.6 Å². The van der Waals surface area contributed by atoms with Crippen molar-refractivity contribution in [3.8, 4) is 0 Å². The number of amides is 1. The second kappa shape index (κ2) is 8.36. The summed E-state index contributed by atoms with van der Waals surface area (Å²) in [6.07, 6.45) is 2.91. The molecule has 6 heteroatoms. The van der Waals surface area contributed by atoms with E-state index in [1.54, 1.807) is 4.90 Å². The molecule has 0 radical (unpaired) electrons. The molecule has 0 unspecified atom stereocenters. The summed E-state index contributed by atoms with van der Waals surface area (Å²) in [6, 6.07) is 0.228. The minimum absolute atomic E-state index is 0.153. The lowest BCUT2D eigenvalue weighted by Gasteiger charge is -2.37. The molecule has 1 rings (SSSR count). The molecule has 1 fully saturated rings. The molecule has 6 nitrogen and oxygen atoms in total. The van der Waals surface area contributed by atoms with E-state index >= 15 is 0 Å². The second-order valence-corrected chi connectivity index (χ2v) is 6.84. The van der Waals surface area contributed by atoms with E-state index in [0.717, 1.165) is 38.9 Å². The van der Waals surface area contributed by atoms with Gasteiger partial charge in [-0.2, -0.15) is 0 Å². The molecule has 0 aromatic rings. The van der Waals surface area contributed by atoms with Crippen LogP contribution in [0.3, 0.4) is 0 Å². The van der Waals surface area contributed by atoms with Gasteiger partial charge in [-0.3, -0.25) is 4.79 Å². The highest BCUT2D eigenvalue weighted by Crippen LogP contribution is 2.18. The van der Waals surface area contributed by atoms with E-state index in [0.29, 0.717) is 6.42 Å². The molecule has 1 saturated heterocycles. The van der Waals surface area contributed by atoms with Crippen molar-refractivity contribution >= 4 is 12.1 Å². The minimum atomic E-state index is -0.458. The monoisotopic (exact) mass is 314 g/mol. The summed E-state index contributed by atoms with van der Waals surface area (Å²) in [4.78, 5) is 27.2. The molecule has 22 heavy (non-hydrogen) atoms. The fourth-order valence-electron chi connectivity index (χ4n) is 2.56. The van der Waals surface area contributed by atoms with E-state index in [4.69, 9.17) is 4.74 Å². The van der Waals surface area contributed by atoms with E-state index < -0.39 is 5.60 Å². The number of rotatable bonds is 5. The molecule has 0 bridgehead atoms. The van der Waals surface area contributed by atoms with Crippen molar-refractivity contribution in [2.75, 3.05) is 33.8 Å². The third-order valence-electron chi connectivity index (χ3n) is 3.87. The highest BCUT2D eigenvalue weighted by Gasteiger charge is 2.28. The number of carbonyl (C=O) groups is 2. The van der Waals surface area contributed by atoms with Crippen molar-refractivity contribution in [3.05, 3.63) is 0 Å². The molecule has 0 aromatic heterocycles. The van der Waals surface area contributed by atoms with Crippen LogP contribution in [0.2, 0.25) is 0 Å². The number of hydrogen-bond donors (Lipinski definition) is 0. The molecule has 0 aromatic carbocycles. The van der Waals surface area contributed by atoms with Gasteiger partial charge >= 0.3 is 12.1 Å². The fraction of sp³-hybridized carbons (Fsp3) is 0.875. The molecule has 0 N–H and O–H groups in total. The number of esters is 1. The van der Waals surface area contributed by atoms with Crippen molar-refractivity contribution in [1.29, 1.82) is 0 Å². The molecule has 1 aliphatic rings. The summed E-state index contributed by atoms with van der Waals surface area (Å²) in [5.41, 5.74) is -0.458. The average Bonchev–Trinajstić information content (AvgIpc) is 2.45. The zero-order valence-electron chi connectivity index (χ0n) is 14.6. The highest BCUT2D eigenvalue weighted by molar-refractivity contribution is 5.69. The third-order valence-corrected chi connectivity index (χ3v) is 3.87. The zero-order valence-corrected chi connectivity index (χ0v) is 14.6. The Bertz CT molecular complexity index is 371. The van der Waals surface area contributed by atoms with Crippen LogP contribution >= 0.6 is 0 Å². The number of methoxy groups -OCH3 is 1. The number of ether oxygens (including phenoxy) is 2. The first kappa shape index (κ1) is 18.7. The van der Waals surface area contributed by atoms with E-state index in [2.05, 4.69) is 9.64 Å². The Kier molecular flexibility index (Phi) is 7.13. The topological polar surface area (TPSA) is 59.1 Å². The summed E-state index contributed by atoms with van der Waals surface area (Å²) < 4.78 is 10.0. The van der Waals surface area contributed by atoms with Gasteiger partial charge in [0, 0.05) is 32.6 Å². The summed E-state index contributed by atoms with van der Waals surface area (Å²) in [5.74, 6) is -0.153. The molecule has 0 saturated carbocycles. The molecule has 0 aliphatic carbocycles. The van der Waals surface area contributed by atoms with Gasteiger partial charge in [-0.15, -0.1) is 0 Å². The van der Waals surface area contributed by atoms with Gasteiger partial charge in [0.05, 0.1) is 7.11 Å². The molecule has 0 atom stereocenters. The Morgan fingerprint density at radius 3 is 2.32 bits per heavy atom. The van der Waals surface area contributed by atoms with Gasteiger partial charge in [0.1, 0.15) is 5.60 Å². The van der Waals surface area contributed by atoms with Gasteiger partial charge in [-0.25, -0.2) is 4.79 Å². The van der Waals surface area contributed by atoms with Gasteiger partial charge in [-0.1, -0.05) is 0 Å². The van der Waals surface area contributed by atoms with Crippen LogP contribution in [0, 0.1) is 0 Å². The second-order valence-electron chi connectivity index (χ2n) is 6.84. The number of likely N-dealkylation sites (tertiary alicyclic amines) is 1. The lowest BCUT2D eigenvalue weighted by Crippen LogP contribution is -2.47. The predicted octanol–water partition coefficient (Wildman–Crippen LogP) is 2.27. The Hall–Kier alpha value is -1.30. The molecule has 128 valence electrons. The largest absolute Gasteiger partial charge is 0.469 e. The van der Waals surface area contributed by atoms with Crippen molar-refractivity contribution in [2.45, 2.75) is 58.1 Å². The first-order valence-electron chi connectivity index (χ1n) is 7.98. The van der Waals surface area contributed by atoms with Crippen LogP contribution in [-0.2, 0) is 14.3 Å². The first-order chi connectivity index (χ1) is 10.2. The lowest BCUT2D eigenvalue weighted by atomic mass is 10.0. The SMILES string of the molecule is COC(=O)CCCN1CCC(N(C)C(=O)OC(C)(C)C)CC1. The van der Waals surface area contributed by atoms with Gasteiger partial charge < -0.3 is 19.3 Å². The van der Waals surface area contributed by atoms with Crippen molar-refractivity contribution < 1.29 is 19.1 Å². The van der Waals surface area contributed by atoms with Crippen LogP contribution in [0.4, 0.5) is 4.79 Å². The average molecular weight is 314 g/mol. The van der Waals surface area contributed by atoms with E-state index in [9.17, 15) is 9.59 Å². The lowest BCUT2D eigenvalue weighted by molar-refractivity contribution is -0.140. The smallest absolute Gasteiger partial charge is 0.410 e. The van der Waals surface area contributed by atoms with Gasteiger partial charge in [0.2, 0.25) is 0 Å². The normalized spacial score (nSPS) is 17.1. The minimum Gasteiger partial charge on any atom is -0.469 e. The standard InChI is InChI=1S/C16H30N2O4/c1-16(2,3)22-15(20)17(4)13-8-11-18(12-9-13)10-6-7-14(19)21-5/h13H,6-12H2,1-5H3. The van der Waals surface area contributed by atoms with Crippen LogP contribution in [0.15, 0.2) is 0 Å². The summed E-state index contributed by atoms with van der Waals surface area (Å²) in [6.45, 7) is 8.42. The molecule has 1 aliphatic heterocycles. The Labute approximate surface area is 133 Å². The molecular formula is C16H30N2O4. The fourth-order valence-corrected chi connectivity index (χ4v) is 2.56. The number of piperidine rings is 1. The molecule has 1 heterocycles. The highest BCUT2D eigenvalue weighted by atomic mass is 16.6. The van der Waals surface area contributed by atoms with E-state index in [1.165, 1.54) is 7.11 Å². The maximum Gasteiger partial charge on any atom is 0.410 e. The number of nitrogens with zero attached hydrogens (tertiary/aromatic N) is 2. The Morgan fingerprint density at radius 2 is 1.82 bits per heavy atom. The third kappa shape index (κ3) is 6.64. The maximum absolute atomic E-state index is 12.1. The van der Waals surface area contributed by atoms with Crippen LogP contribution in [0.5, 0.6) is 0 Å². The molecule has 1 amide bonds. The molecular weight excluding hydrogens is 284 g/mol. The molecule has 0 spiro atoms. The van der Waals surface area contributed by atoms with E-state index in [-0.39, 0.29) is 18.1 Å². The summed E-state index contributed by atoms with van der Waals surface area (Å²) >= 11 is 0. The van der Waals surface area contributed by atoms with Crippen molar-refractivity contribution in [3.63, 3.8) is 0 Å². The van der Waals surface area contributed by atoms with Crippen molar-refractivity contribution in [2.24, 2.45) is 0 Å². The quantitative estimate of drug-likeness (QED) is 0.729. The van der Waals surface area contributed by atoms with E-state index in [1.807, 2.05) is 27.8 Å². The number of carbonyl (C=O) groups excluding carboxylic acids is 2. The number of hydrogen-bond acceptors (Lipinski definition) is 5. The van der Waals surface area contributed by atoms with Crippen LogP contribution < -0.4 is 0 Å². The van der Waals surface area contributed by atoms with Gasteiger partial charge in [0.25, 0.3) is 0 Å².